The number of carbonyl (C=O) groups is 1. The summed E-state index contributed by atoms with van der Waals surface area (Å²) in [6.07, 6.45) is 1.87. The number of aryl methyl sites for hydroxylation is 1. The van der Waals surface area contributed by atoms with Crippen LogP contribution in [0.15, 0.2) is 23.0 Å². The highest BCUT2D eigenvalue weighted by Gasteiger charge is 2.13. The van der Waals surface area contributed by atoms with Crippen LogP contribution < -0.4 is 5.69 Å². The molecule has 1 aromatic carbocycles. The summed E-state index contributed by atoms with van der Waals surface area (Å²) in [7, 11) is 4.02. The Hall–Kier alpha value is -2.08. The van der Waals surface area contributed by atoms with Gasteiger partial charge in [-0.05, 0) is 45.6 Å². The number of carboxylic acids is 1. The average Bonchev–Trinajstić information content (AvgIpc) is 2.70. The van der Waals surface area contributed by atoms with E-state index < -0.39 is 5.97 Å². The first-order valence-corrected chi connectivity index (χ1v) is 6.60. The molecule has 20 heavy (non-hydrogen) atoms. The van der Waals surface area contributed by atoms with Gasteiger partial charge in [0.1, 0.15) is 0 Å². The summed E-state index contributed by atoms with van der Waals surface area (Å²) in [5, 5.41) is 9.12. The van der Waals surface area contributed by atoms with Crippen LogP contribution in [-0.4, -0.2) is 46.2 Å². The monoisotopic (exact) mass is 277 g/mol. The standard InChI is InChI=1S/C14H19N3O3/c1-16(2)8-3-4-9-17-11-7-5-6-10(13(18)19)12(11)15-14(17)20/h5-7H,3-4,8-9H2,1-2H3,(H,15,20)(H,18,19). The number of aromatic nitrogens is 2. The molecule has 0 aliphatic rings. The molecule has 0 atom stereocenters. The fourth-order valence-electron chi connectivity index (χ4n) is 2.28. The van der Waals surface area contributed by atoms with Crippen molar-refractivity contribution >= 4 is 17.0 Å². The lowest BCUT2D eigenvalue weighted by atomic mass is 10.2. The van der Waals surface area contributed by atoms with Crippen LogP contribution in [0.3, 0.4) is 0 Å². The maximum atomic E-state index is 11.9. The summed E-state index contributed by atoms with van der Waals surface area (Å²) in [4.78, 5) is 27.8. The lowest BCUT2D eigenvalue weighted by molar-refractivity contribution is 0.0699. The maximum absolute atomic E-state index is 11.9. The summed E-state index contributed by atoms with van der Waals surface area (Å²) in [6.45, 7) is 1.56. The van der Waals surface area contributed by atoms with Crippen molar-refractivity contribution < 1.29 is 9.90 Å². The number of H-pyrrole nitrogens is 1. The van der Waals surface area contributed by atoms with E-state index in [1.165, 1.54) is 6.07 Å². The van der Waals surface area contributed by atoms with E-state index in [1.54, 1.807) is 16.7 Å². The summed E-state index contributed by atoms with van der Waals surface area (Å²) in [5.41, 5.74) is 0.933. The van der Waals surface area contributed by atoms with Gasteiger partial charge in [0, 0.05) is 6.54 Å². The van der Waals surface area contributed by atoms with Crippen LogP contribution in [0.5, 0.6) is 0 Å². The summed E-state index contributed by atoms with van der Waals surface area (Å²) in [6, 6.07) is 4.93. The number of rotatable bonds is 6. The third-order valence-corrected chi connectivity index (χ3v) is 3.28. The molecule has 0 saturated carbocycles. The molecule has 6 nitrogen and oxygen atoms in total. The average molecular weight is 277 g/mol. The Morgan fingerprint density at radius 1 is 1.35 bits per heavy atom. The predicted octanol–water partition coefficient (Wildman–Crippen LogP) is 1.37. The number of fused-ring (bicyclic) bond motifs is 1. The molecular weight excluding hydrogens is 258 g/mol. The molecule has 0 aliphatic heterocycles. The molecule has 0 aliphatic carbocycles. The van der Waals surface area contributed by atoms with E-state index in [2.05, 4.69) is 9.88 Å². The Balaban J connectivity index is 2.26. The summed E-state index contributed by atoms with van der Waals surface area (Å²) >= 11 is 0. The van der Waals surface area contributed by atoms with Gasteiger partial charge in [0.2, 0.25) is 0 Å². The second-order valence-electron chi connectivity index (χ2n) is 5.10. The third-order valence-electron chi connectivity index (χ3n) is 3.28. The predicted molar refractivity (Wildman–Crippen MR) is 77.3 cm³/mol. The Morgan fingerprint density at radius 2 is 2.10 bits per heavy atom. The van der Waals surface area contributed by atoms with Crippen LogP contribution in [0.1, 0.15) is 23.2 Å². The number of benzene rings is 1. The number of hydrogen-bond acceptors (Lipinski definition) is 3. The normalized spacial score (nSPS) is 11.3. The van der Waals surface area contributed by atoms with Gasteiger partial charge >= 0.3 is 11.7 Å². The molecule has 0 saturated heterocycles. The number of nitrogens with zero attached hydrogens (tertiary/aromatic N) is 2. The van der Waals surface area contributed by atoms with Crippen LogP contribution in [0.2, 0.25) is 0 Å². The van der Waals surface area contributed by atoms with Crippen LogP contribution in [0, 0.1) is 0 Å². The van der Waals surface area contributed by atoms with Crippen molar-refractivity contribution in [2.24, 2.45) is 0 Å². The van der Waals surface area contributed by atoms with E-state index in [0.717, 1.165) is 19.4 Å². The van der Waals surface area contributed by atoms with Gasteiger partial charge in [-0.2, -0.15) is 0 Å². The molecule has 1 heterocycles. The zero-order valence-electron chi connectivity index (χ0n) is 11.7. The number of carboxylic acid groups (broad SMARTS) is 1. The van der Waals surface area contributed by atoms with Crippen molar-refractivity contribution in [1.82, 2.24) is 14.5 Å². The van der Waals surface area contributed by atoms with Crippen molar-refractivity contribution in [3.8, 4) is 0 Å². The first-order valence-electron chi connectivity index (χ1n) is 6.60. The maximum Gasteiger partial charge on any atom is 0.337 e. The van der Waals surface area contributed by atoms with Gasteiger partial charge in [0.15, 0.2) is 0 Å². The van der Waals surface area contributed by atoms with Gasteiger partial charge in [0.25, 0.3) is 0 Å². The molecule has 108 valence electrons. The number of aromatic carboxylic acids is 1. The smallest absolute Gasteiger partial charge is 0.337 e. The highest BCUT2D eigenvalue weighted by Crippen LogP contribution is 2.16. The van der Waals surface area contributed by atoms with Crippen molar-refractivity contribution in [1.29, 1.82) is 0 Å². The molecule has 0 unspecified atom stereocenters. The molecule has 0 radical (unpaired) electrons. The van der Waals surface area contributed by atoms with Crippen LogP contribution in [0.4, 0.5) is 0 Å². The van der Waals surface area contributed by atoms with E-state index >= 15 is 0 Å². The van der Waals surface area contributed by atoms with E-state index in [4.69, 9.17) is 5.11 Å². The third kappa shape index (κ3) is 2.91. The minimum atomic E-state index is -1.03. The van der Waals surface area contributed by atoms with Crippen LogP contribution in [0.25, 0.3) is 11.0 Å². The molecule has 0 spiro atoms. The lowest BCUT2D eigenvalue weighted by Crippen LogP contribution is -2.18. The van der Waals surface area contributed by atoms with Crippen molar-refractivity contribution in [2.45, 2.75) is 19.4 Å². The number of imidazole rings is 1. The quantitative estimate of drug-likeness (QED) is 0.782. The number of hydrogen-bond donors (Lipinski definition) is 2. The molecule has 0 amide bonds. The van der Waals surface area contributed by atoms with Crippen LogP contribution >= 0.6 is 0 Å². The molecule has 1 aromatic heterocycles. The zero-order valence-corrected chi connectivity index (χ0v) is 11.7. The number of aromatic amines is 1. The van der Waals surface area contributed by atoms with Gasteiger partial charge < -0.3 is 15.0 Å². The molecule has 2 aromatic rings. The largest absolute Gasteiger partial charge is 0.478 e. The lowest BCUT2D eigenvalue weighted by Gasteiger charge is -2.09. The van der Waals surface area contributed by atoms with Crippen LogP contribution in [-0.2, 0) is 6.54 Å². The van der Waals surface area contributed by atoms with Gasteiger partial charge in [-0.15, -0.1) is 0 Å². The number of para-hydroxylation sites is 1. The fraction of sp³-hybridized carbons (Fsp3) is 0.429. The van der Waals surface area contributed by atoms with E-state index in [1.807, 2.05) is 14.1 Å². The Kier molecular flexibility index (Phi) is 4.24. The minimum Gasteiger partial charge on any atom is -0.478 e. The first kappa shape index (κ1) is 14.3. The van der Waals surface area contributed by atoms with Gasteiger partial charge in [-0.1, -0.05) is 6.07 Å². The van der Waals surface area contributed by atoms with Crippen molar-refractivity contribution in [2.75, 3.05) is 20.6 Å². The van der Waals surface area contributed by atoms with E-state index in [-0.39, 0.29) is 11.3 Å². The molecule has 0 bridgehead atoms. The number of nitrogens with one attached hydrogen (secondary N) is 1. The fourth-order valence-corrected chi connectivity index (χ4v) is 2.28. The highest BCUT2D eigenvalue weighted by molar-refractivity contribution is 6.00. The minimum absolute atomic E-state index is 0.131. The van der Waals surface area contributed by atoms with Gasteiger partial charge in [-0.3, -0.25) is 4.57 Å². The molecule has 0 fully saturated rings. The summed E-state index contributed by atoms with van der Waals surface area (Å²) < 4.78 is 1.61. The SMILES string of the molecule is CN(C)CCCCn1c(=O)[nH]c2c(C(=O)O)cccc21. The Labute approximate surface area is 116 Å². The number of unbranched alkanes of at least 4 members (excludes halogenated alkanes) is 1. The Morgan fingerprint density at radius 3 is 2.75 bits per heavy atom. The second-order valence-corrected chi connectivity index (χ2v) is 5.10. The van der Waals surface area contributed by atoms with Gasteiger partial charge in [-0.25, -0.2) is 9.59 Å². The summed E-state index contributed by atoms with van der Waals surface area (Å²) in [5.74, 6) is -1.03. The first-order chi connectivity index (χ1) is 9.50. The van der Waals surface area contributed by atoms with E-state index in [9.17, 15) is 9.59 Å². The van der Waals surface area contributed by atoms with E-state index in [0.29, 0.717) is 17.6 Å². The second kappa shape index (κ2) is 5.92. The molecule has 6 heteroatoms. The van der Waals surface area contributed by atoms with Gasteiger partial charge in [0.05, 0.1) is 16.6 Å². The van der Waals surface area contributed by atoms with Crippen molar-refractivity contribution in [3.05, 3.63) is 34.2 Å². The molecule has 2 N–H and O–H groups in total. The molecule has 2 rings (SSSR count). The zero-order chi connectivity index (χ0) is 14.7. The molecular formula is C14H19N3O3. The van der Waals surface area contributed by atoms with Crippen molar-refractivity contribution in [3.63, 3.8) is 0 Å². The Bertz CT molecular complexity index is 670. The topological polar surface area (TPSA) is 78.3 Å². The highest BCUT2D eigenvalue weighted by atomic mass is 16.4.